The first-order valence-electron chi connectivity index (χ1n) is 6.91. The smallest absolute Gasteiger partial charge is 0.00797 e. The van der Waals surface area contributed by atoms with Gasteiger partial charge in [-0.25, -0.2) is 0 Å². The third-order valence-corrected chi connectivity index (χ3v) is 3.56. The van der Waals surface area contributed by atoms with Crippen LogP contribution in [-0.4, -0.2) is 43.2 Å². The molecule has 3 N–H and O–H groups in total. The monoisotopic (exact) mass is 227 g/mol. The fraction of sp³-hybridized carbons (Fsp3) is 1.00. The van der Waals surface area contributed by atoms with E-state index in [2.05, 4.69) is 24.1 Å². The van der Waals surface area contributed by atoms with Gasteiger partial charge in [0.15, 0.2) is 0 Å². The first kappa shape index (κ1) is 13.9. The molecule has 3 nitrogen and oxygen atoms in total. The van der Waals surface area contributed by atoms with Gasteiger partial charge in [-0.1, -0.05) is 0 Å². The Kier molecular flexibility index (Phi) is 7.01. The van der Waals surface area contributed by atoms with Crippen molar-refractivity contribution in [3.63, 3.8) is 0 Å². The minimum atomic E-state index is 0.705. The highest BCUT2D eigenvalue weighted by Crippen LogP contribution is 2.13. The fourth-order valence-corrected chi connectivity index (χ4v) is 2.41. The van der Waals surface area contributed by atoms with Crippen molar-refractivity contribution in [2.24, 2.45) is 5.73 Å². The Morgan fingerprint density at radius 3 is 2.75 bits per heavy atom. The summed E-state index contributed by atoms with van der Waals surface area (Å²) in [6.45, 7) is 9.10. The van der Waals surface area contributed by atoms with E-state index in [1.54, 1.807) is 0 Å². The van der Waals surface area contributed by atoms with Crippen LogP contribution in [0.4, 0.5) is 0 Å². The highest BCUT2D eigenvalue weighted by molar-refractivity contribution is 4.76. The number of hydrogen-bond acceptors (Lipinski definition) is 3. The highest BCUT2D eigenvalue weighted by Gasteiger charge is 2.17. The molecule has 1 aliphatic rings. The Morgan fingerprint density at radius 2 is 2.06 bits per heavy atom. The molecular formula is C13H29N3. The van der Waals surface area contributed by atoms with Crippen LogP contribution in [0.2, 0.25) is 0 Å². The van der Waals surface area contributed by atoms with Crippen LogP contribution in [0.1, 0.15) is 46.0 Å². The van der Waals surface area contributed by atoms with Crippen molar-refractivity contribution in [3.05, 3.63) is 0 Å². The van der Waals surface area contributed by atoms with E-state index in [1.165, 1.54) is 38.8 Å². The molecule has 0 aromatic heterocycles. The van der Waals surface area contributed by atoms with Crippen molar-refractivity contribution in [1.29, 1.82) is 0 Å². The Bertz CT molecular complexity index is 171. The molecule has 1 saturated heterocycles. The van der Waals surface area contributed by atoms with Gasteiger partial charge in [0, 0.05) is 12.1 Å². The number of nitrogens with two attached hydrogens (primary N) is 1. The SMILES string of the molecule is CC(C)N1CCCC(NCCCCN)CC1. The zero-order valence-corrected chi connectivity index (χ0v) is 11.0. The number of likely N-dealkylation sites (tertiary alicyclic amines) is 1. The molecule has 0 amide bonds. The summed E-state index contributed by atoms with van der Waals surface area (Å²) in [7, 11) is 0. The Balaban J connectivity index is 2.15. The standard InChI is InChI=1S/C13H29N3/c1-12(2)16-10-5-6-13(7-11-16)15-9-4-3-8-14/h12-13,15H,3-11,14H2,1-2H3. The van der Waals surface area contributed by atoms with E-state index in [0.717, 1.165) is 25.6 Å². The molecule has 16 heavy (non-hydrogen) atoms. The van der Waals surface area contributed by atoms with Crippen LogP contribution in [0.5, 0.6) is 0 Å². The number of rotatable bonds is 6. The van der Waals surface area contributed by atoms with E-state index in [-0.39, 0.29) is 0 Å². The van der Waals surface area contributed by atoms with E-state index >= 15 is 0 Å². The molecule has 0 spiro atoms. The molecule has 1 fully saturated rings. The largest absolute Gasteiger partial charge is 0.330 e. The molecule has 0 saturated carbocycles. The summed E-state index contributed by atoms with van der Waals surface area (Å²) in [5, 5.41) is 3.67. The van der Waals surface area contributed by atoms with Gasteiger partial charge in [-0.2, -0.15) is 0 Å². The molecule has 1 aliphatic heterocycles. The third kappa shape index (κ3) is 5.28. The second-order valence-electron chi connectivity index (χ2n) is 5.21. The number of hydrogen-bond donors (Lipinski definition) is 2. The van der Waals surface area contributed by atoms with Gasteiger partial charge in [0.25, 0.3) is 0 Å². The lowest BCUT2D eigenvalue weighted by Gasteiger charge is -2.24. The number of nitrogens with one attached hydrogen (secondary N) is 1. The predicted octanol–water partition coefficient (Wildman–Crippen LogP) is 1.58. The summed E-state index contributed by atoms with van der Waals surface area (Å²) < 4.78 is 0. The minimum Gasteiger partial charge on any atom is -0.330 e. The third-order valence-electron chi connectivity index (χ3n) is 3.56. The number of unbranched alkanes of at least 4 members (excludes halogenated alkanes) is 1. The van der Waals surface area contributed by atoms with Gasteiger partial charge >= 0.3 is 0 Å². The maximum Gasteiger partial charge on any atom is 0.00797 e. The van der Waals surface area contributed by atoms with Crippen molar-refractivity contribution in [3.8, 4) is 0 Å². The summed E-state index contributed by atoms with van der Waals surface area (Å²) in [5.41, 5.74) is 5.49. The second kappa shape index (κ2) is 8.04. The molecule has 0 radical (unpaired) electrons. The van der Waals surface area contributed by atoms with E-state index in [9.17, 15) is 0 Å². The van der Waals surface area contributed by atoms with Crippen molar-refractivity contribution < 1.29 is 0 Å². The normalized spacial score (nSPS) is 23.6. The first-order chi connectivity index (χ1) is 7.74. The van der Waals surface area contributed by atoms with Gasteiger partial charge in [0.05, 0.1) is 0 Å². The average molecular weight is 227 g/mol. The molecule has 1 atom stereocenters. The van der Waals surface area contributed by atoms with Gasteiger partial charge in [-0.3, -0.25) is 0 Å². The number of nitrogens with zero attached hydrogens (tertiary/aromatic N) is 1. The fourth-order valence-electron chi connectivity index (χ4n) is 2.41. The summed E-state index contributed by atoms with van der Waals surface area (Å²) in [4.78, 5) is 2.60. The van der Waals surface area contributed by atoms with Crippen LogP contribution in [0, 0.1) is 0 Å². The Morgan fingerprint density at radius 1 is 1.25 bits per heavy atom. The molecule has 1 unspecified atom stereocenters. The Hall–Kier alpha value is -0.120. The van der Waals surface area contributed by atoms with E-state index in [0.29, 0.717) is 6.04 Å². The lowest BCUT2D eigenvalue weighted by Crippen LogP contribution is -2.34. The molecule has 1 heterocycles. The van der Waals surface area contributed by atoms with Gasteiger partial charge < -0.3 is 16.0 Å². The summed E-state index contributed by atoms with van der Waals surface area (Å²) in [6.07, 6.45) is 6.36. The lowest BCUT2D eigenvalue weighted by molar-refractivity contribution is 0.229. The predicted molar refractivity (Wildman–Crippen MR) is 70.6 cm³/mol. The zero-order chi connectivity index (χ0) is 11.8. The summed E-state index contributed by atoms with van der Waals surface area (Å²) in [6, 6.07) is 1.44. The Labute approximate surface area is 101 Å². The van der Waals surface area contributed by atoms with Crippen LogP contribution >= 0.6 is 0 Å². The van der Waals surface area contributed by atoms with E-state index in [1.807, 2.05) is 0 Å². The molecular weight excluding hydrogens is 198 g/mol. The van der Waals surface area contributed by atoms with Crippen LogP contribution < -0.4 is 11.1 Å². The van der Waals surface area contributed by atoms with Gasteiger partial charge in [0.1, 0.15) is 0 Å². The van der Waals surface area contributed by atoms with Crippen LogP contribution in [0.3, 0.4) is 0 Å². The minimum absolute atomic E-state index is 0.705. The maximum absolute atomic E-state index is 5.49. The van der Waals surface area contributed by atoms with Crippen molar-refractivity contribution >= 4 is 0 Å². The van der Waals surface area contributed by atoms with Crippen molar-refractivity contribution in [2.75, 3.05) is 26.2 Å². The molecule has 0 bridgehead atoms. The van der Waals surface area contributed by atoms with E-state index in [4.69, 9.17) is 5.73 Å². The highest BCUT2D eigenvalue weighted by atomic mass is 15.1. The van der Waals surface area contributed by atoms with Gasteiger partial charge in [-0.05, 0) is 72.1 Å². The van der Waals surface area contributed by atoms with Gasteiger partial charge in [-0.15, -0.1) is 0 Å². The van der Waals surface area contributed by atoms with Crippen LogP contribution in [0.25, 0.3) is 0 Å². The maximum atomic E-state index is 5.49. The molecule has 1 rings (SSSR count). The average Bonchev–Trinajstić information content (AvgIpc) is 2.50. The topological polar surface area (TPSA) is 41.3 Å². The van der Waals surface area contributed by atoms with Crippen molar-refractivity contribution in [1.82, 2.24) is 10.2 Å². The first-order valence-corrected chi connectivity index (χ1v) is 6.91. The second-order valence-corrected chi connectivity index (χ2v) is 5.21. The van der Waals surface area contributed by atoms with Crippen LogP contribution in [0.15, 0.2) is 0 Å². The molecule has 0 aromatic rings. The summed E-state index contributed by atoms with van der Waals surface area (Å²) in [5.74, 6) is 0. The zero-order valence-electron chi connectivity index (χ0n) is 11.0. The molecule has 0 aliphatic carbocycles. The van der Waals surface area contributed by atoms with Crippen molar-refractivity contribution in [2.45, 2.75) is 58.0 Å². The molecule has 3 heteroatoms. The van der Waals surface area contributed by atoms with E-state index < -0.39 is 0 Å². The summed E-state index contributed by atoms with van der Waals surface area (Å²) >= 11 is 0. The quantitative estimate of drug-likeness (QED) is 0.677. The van der Waals surface area contributed by atoms with Crippen LogP contribution in [-0.2, 0) is 0 Å². The van der Waals surface area contributed by atoms with Gasteiger partial charge in [0.2, 0.25) is 0 Å². The molecule has 0 aromatic carbocycles. The lowest BCUT2D eigenvalue weighted by atomic mass is 10.1. The molecule has 96 valence electrons.